The Kier molecular flexibility index (Phi) is 5.39. The van der Waals surface area contributed by atoms with Crippen LogP contribution in [-0.4, -0.2) is 38.7 Å². The minimum atomic E-state index is -4.73. The van der Waals surface area contributed by atoms with Gasteiger partial charge in [-0.25, -0.2) is 32.2 Å². The fourth-order valence-corrected chi connectivity index (χ4v) is 4.29. The number of benzene rings is 1. The molecule has 4 rings (SSSR count). The van der Waals surface area contributed by atoms with E-state index in [4.69, 9.17) is 0 Å². The Morgan fingerprint density at radius 1 is 0.939 bits per heavy atom. The molecule has 0 atom stereocenters. The summed E-state index contributed by atoms with van der Waals surface area (Å²) in [4.78, 5) is 15.3. The predicted molar refractivity (Wildman–Crippen MR) is 108 cm³/mol. The topological polar surface area (TPSA) is 90.6 Å². The van der Waals surface area contributed by atoms with Crippen LogP contribution in [0.3, 0.4) is 0 Å². The van der Waals surface area contributed by atoms with E-state index in [1.165, 1.54) is 19.2 Å². The molecule has 3 heterocycles. The molecular formula is C20H14F5N5O2S. The van der Waals surface area contributed by atoms with Crippen molar-refractivity contribution in [1.29, 1.82) is 0 Å². The molecule has 3 aromatic heterocycles. The van der Waals surface area contributed by atoms with Gasteiger partial charge in [0.1, 0.15) is 22.8 Å². The highest BCUT2D eigenvalue weighted by atomic mass is 32.2. The molecule has 0 saturated heterocycles. The van der Waals surface area contributed by atoms with Crippen molar-refractivity contribution >= 4 is 21.0 Å². The second-order valence-electron chi connectivity index (χ2n) is 7.03. The molecule has 4 aromatic rings. The molecule has 0 saturated carbocycles. The average Bonchev–Trinajstić information content (AvgIpc) is 3.09. The fourth-order valence-electron chi connectivity index (χ4n) is 3.23. The standard InChI is InChI=1S/C20H14F5N5O2S/c1-3-33(31,32)15-6-11(10-4-12(21)7-13(22)5-10)8-26-16(15)17-27-9-14-18(29-17)30(2)19(28-14)20(23,24)25/h4-9H,3H2,1-2H3. The SMILES string of the molecule is CCS(=O)(=O)c1cc(-c2cc(F)cc(F)c2)cnc1-c1ncc2nc(C(F)(F)F)n(C)c2n1. The molecule has 33 heavy (non-hydrogen) atoms. The molecule has 0 fully saturated rings. The van der Waals surface area contributed by atoms with Crippen LogP contribution in [0, 0.1) is 11.6 Å². The largest absolute Gasteiger partial charge is 0.449 e. The molecule has 0 radical (unpaired) electrons. The van der Waals surface area contributed by atoms with Crippen LogP contribution in [0.4, 0.5) is 22.0 Å². The van der Waals surface area contributed by atoms with Gasteiger partial charge in [0.2, 0.25) is 5.82 Å². The van der Waals surface area contributed by atoms with Crippen molar-refractivity contribution in [2.75, 3.05) is 5.75 Å². The summed E-state index contributed by atoms with van der Waals surface area (Å²) in [5.74, 6) is -3.50. The molecule has 13 heteroatoms. The van der Waals surface area contributed by atoms with E-state index >= 15 is 0 Å². The van der Waals surface area contributed by atoms with Gasteiger partial charge in [-0.1, -0.05) is 6.92 Å². The van der Waals surface area contributed by atoms with Crippen LogP contribution >= 0.6 is 0 Å². The third-order valence-corrected chi connectivity index (χ3v) is 6.58. The molecule has 0 bridgehead atoms. The fraction of sp³-hybridized carbons (Fsp3) is 0.200. The van der Waals surface area contributed by atoms with Crippen molar-refractivity contribution < 1.29 is 30.4 Å². The van der Waals surface area contributed by atoms with Gasteiger partial charge in [-0.05, 0) is 23.8 Å². The molecule has 0 unspecified atom stereocenters. The number of hydrogen-bond donors (Lipinski definition) is 0. The number of halogens is 5. The molecule has 0 amide bonds. The third-order valence-electron chi connectivity index (χ3n) is 4.84. The van der Waals surface area contributed by atoms with Gasteiger partial charge in [0, 0.05) is 24.9 Å². The van der Waals surface area contributed by atoms with Gasteiger partial charge >= 0.3 is 6.18 Å². The Labute approximate surface area is 183 Å². The van der Waals surface area contributed by atoms with E-state index in [-0.39, 0.29) is 44.5 Å². The maximum Gasteiger partial charge on any atom is 0.449 e. The average molecular weight is 483 g/mol. The van der Waals surface area contributed by atoms with Gasteiger partial charge in [-0.15, -0.1) is 0 Å². The zero-order valence-corrected chi connectivity index (χ0v) is 17.8. The van der Waals surface area contributed by atoms with E-state index < -0.39 is 33.5 Å². The van der Waals surface area contributed by atoms with Gasteiger partial charge in [-0.2, -0.15) is 13.2 Å². The zero-order chi connectivity index (χ0) is 24.1. The number of pyridine rings is 1. The molecule has 0 aliphatic rings. The van der Waals surface area contributed by atoms with E-state index in [0.29, 0.717) is 6.07 Å². The van der Waals surface area contributed by atoms with Crippen LogP contribution < -0.4 is 0 Å². The molecule has 0 N–H and O–H groups in total. The monoisotopic (exact) mass is 483 g/mol. The maximum atomic E-state index is 13.6. The van der Waals surface area contributed by atoms with Gasteiger partial charge < -0.3 is 4.57 Å². The molecular weight excluding hydrogens is 469 g/mol. The Hall–Kier alpha value is -3.48. The number of aryl methyl sites for hydroxylation is 1. The van der Waals surface area contributed by atoms with Crippen LogP contribution in [0.1, 0.15) is 12.7 Å². The van der Waals surface area contributed by atoms with Crippen LogP contribution in [0.5, 0.6) is 0 Å². The molecule has 172 valence electrons. The lowest BCUT2D eigenvalue weighted by Gasteiger charge is -2.11. The number of alkyl halides is 3. The first kappa shape index (κ1) is 22.7. The third kappa shape index (κ3) is 4.15. The first-order chi connectivity index (χ1) is 15.4. The molecule has 1 aromatic carbocycles. The number of aromatic nitrogens is 5. The van der Waals surface area contributed by atoms with Gasteiger partial charge in [0.25, 0.3) is 0 Å². The van der Waals surface area contributed by atoms with Crippen molar-refractivity contribution in [2.24, 2.45) is 7.05 Å². The smallest absolute Gasteiger partial charge is 0.308 e. The molecule has 0 spiro atoms. The number of hydrogen-bond acceptors (Lipinski definition) is 6. The molecule has 7 nitrogen and oxygen atoms in total. The van der Waals surface area contributed by atoms with Gasteiger partial charge in [-0.3, -0.25) is 4.98 Å². The van der Waals surface area contributed by atoms with Crippen molar-refractivity contribution in [2.45, 2.75) is 18.0 Å². The van der Waals surface area contributed by atoms with E-state index in [0.717, 1.165) is 29.9 Å². The predicted octanol–water partition coefficient (Wildman–Crippen LogP) is 4.18. The second-order valence-corrected chi connectivity index (χ2v) is 9.27. The zero-order valence-electron chi connectivity index (χ0n) is 17.0. The normalized spacial score (nSPS) is 12.5. The summed E-state index contributed by atoms with van der Waals surface area (Å²) in [5.41, 5.74) is -0.359. The summed E-state index contributed by atoms with van der Waals surface area (Å²) in [7, 11) is -2.82. The number of fused-ring (bicyclic) bond motifs is 1. The molecule has 0 aliphatic heterocycles. The quantitative estimate of drug-likeness (QED) is 0.405. The van der Waals surface area contributed by atoms with E-state index in [1.807, 2.05) is 0 Å². The highest BCUT2D eigenvalue weighted by molar-refractivity contribution is 7.91. The summed E-state index contributed by atoms with van der Waals surface area (Å²) < 4.78 is 93.0. The van der Waals surface area contributed by atoms with E-state index in [1.54, 1.807) is 0 Å². The highest BCUT2D eigenvalue weighted by Gasteiger charge is 2.37. The summed E-state index contributed by atoms with van der Waals surface area (Å²) in [5, 5.41) is 0. The minimum Gasteiger partial charge on any atom is -0.308 e. The number of rotatable bonds is 4. The lowest BCUT2D eigenvalue weighted by atomic mass is 10.1. The maximum absolute atomic E-state index is 13.6. The number of imidazole rings is 1. The van der Waals surface area contributed by atoms with Crippen molar-refractivity contribution in [3.05, 3.63) is 54.1 Å². The van der Waals surface area contributed by atoms with Gasteiger partial charge in [0.05, 0.1) is 16.8 Å². The van der Waals surface area contributed by atoms with Crippen molar-refractivity contribution in [1.82, 2.24) is 24.5 Å². The van der Waals surface area contributed by atoms with Crippen LogP contribution in [-0.2, 0) is 23.1 Å². The summed E-state index contributed by atoms with van der Waals surface area (Å²) in [6, 6.07) is 3.87. The Morgan fingerprint density at radius 2 is 1.61 bits per heavy atom. The lowest BCUT2D eigenvalue weighted by Crippen LogP contribution is -2.12. The Balaban J connectivity index is 1.93. The van der Waals surface area contributed by atoms with Gasteiger partial charge in [0.15, 0.2) is 21.3 Å². The van der Waals surface area contributed by atoms with Crippen LogP contribution in [0.2, 0.25) is 0 Å². The number of sulfone groups is 1. The first-order valence-corrected chi connectivity index (χ1v) is 11.0. The summed E-state index contributed by atoms with van der Waals surface area (Å²) >= 11 is 0. The molecule has 0 aliphatic carbocycles. The van der Waals surface area contributed by atoms with Crippen LogP contribution in [0.25, 0.3) is 33.8 Å². The summed E-state index contributed by atoms with van der Waals surface area (Å²) in [6.07, 6.45) is -2.52. The van der Waals surface area contributed by atoms with Crippen molar-refractivity contribution in [3.8, 4) is 22.6 Å². The second kappa shape index (κ2) is 7.83. The number of nitrogens with zero attached hydrogens (tertiary/aromatic N) is 5. The highest BCUT2D eigenvalue weighted by Crippen LogP contribution is 2.32. The summed E-state index contributed by atoms with van der Waals surface area (Å²) in [6.45, 7) is 1.38. The lowest BCUT2D eigenvalue weighted by molar-refractivity contribution is -0.146. The Morgan fingerprint density at radius 3 is 2.21 bits per heavy atom. The van der Waals surface area contributed by atoms with Crippen molar-refractivity contribution in [3.63, 3.8) is 0 Å². The van der Waals surface area contributed by atoms with Crippen LogP contribution in [0.15, 0.2) is 41.6 Å². The van der Waals surface area contributed by atoms with E-state index in [2.05, 4.69) is 19.9 Å². The minimum absolute atomic E-state index is 0.0527. The van der Waals surface area contributed by atoms with E-state index in [9.17, 15) is 30.4 Å². The Bertz CT molecular complexity index is 1480. The first-order valence-electron chi connectivity index (χ1n) is 9.37.